The Kier molecular flexibility index (Phi) is 9.66. The Morgan fingerprint density at radius 2 is 1.73 bits per heavy atom. The van der Waals surface area contributed by atoms with E-state index in [4.69, 9.17) is 0 Å². The predicted octanol–water partition coefficient (Wildman–Crippen LogP) is 3.47. The monoisotopic (exact) mass is 519 g/mol. The molecular formula is C23H30IN5O. The molecule has 0 saturated heterocycles. The summed E-state index contributed by atoms with van der Waals surface area (Å²) >= 11 is 0. The second-order valence-corrected chi connectivity index (χ2v) is 7.14. The van der Waals surface area contributed by atoms with Gasteiger partial charge in [-0.3, -0.25) is 4.79 Å². The highest BCUT2D eigenvalue weighted by atomic mass is 127. The second-order valence-electron chi connectivity index (χ2n) is 7.14. The first-order chi connectivity index (χ1) is 14.1. The Balaban J connectivity index is 0.00000320. The molecule has 0 aliphatic carbocycles. The number of hydrogen-bond donors (Lipinski definition) is 2. The van der Waals surface area contributed by atoms with Crippen molar-refractivity contribution in [2.24, 2.45) is 4.99 Å². The number of aromatic nitrogens is 1. The molecule has 1 amide bonds. The van der Waals surface area contributed by atoms with Crippen LogP contribution in [0.2, 0.25) is 0 Å². The van der Waals surface area contributed by atoms with Gasteiger partial charge in [0.2, 0.25) is 5.91 Å². The van der Waals surface area contributed by atoms with Crippen molar-refractivity contribution in [2.45, 2.75) is 19.5 Å². The molecule has 7 heteroatoms. The standard InChI is InChI=1S/C23H29N5O.HI/c1-27(2)22(29)18-26-23(25-17-19-9-4-3-5-10-19)24-14-8-15-28-16-13-20-11-6-7-12-21(20)28;/h3-7,9-13,16H,8,14-15,17-18H2,1-2H3,(H2,24,25,26);1H. The first-order valence-electron chi connectivity index (χ1n) is 9.93. The molecule has 3 rings (SSSR count). The van der Waals surface area contributed by atoms with Gasteiger partial charge in [0.1, 0.15) is 0 Å². The number of nitrogens with zero attached hydrogens (tertiary/aromatic N) is 3. The molecule has 1 heterocycles. The van der Waals surface area contributed by atoms with Crippen molar-refractivity contribution < 1.29 is 4.79 Å². The second kappa shape index (κ2) is 12.2. The summed E-state index contributed by atoms with van der Waals surface area (Å²) in [6.07, 6.45) is 3.08. The van der Waals surface area contributed by atoms with Crippen LogP contribution in [0.5, 0.6) is 0 Å². The van der Waals surface area contributed by atoms with Crippen LogP contribution in [0.3, 0.4) is 0 Å². The van der Waals surface area contributed by atoms with Crippen LogP contribution < -0.4 is 10.6 Å². The van der Waals surface area contributed by atoms with Crippen LogP contribution in [0.15, 0.2) is 71.9 Å². The van der Waals surface area contributed by atoms with Gasteiger partial charge >= 0.3 is 0 Å². The fraction of sp³-hybridized carbons (Fsp3) is 0.304. The molecule has 1 aromatic heterocycles. The van der Waals surface area contributed by atoms with Gasteiger partial charge in [-0.1, -0.05) is 48.5 Å². The van der Waals surface area contributed by atoms with Gasteiger partial charge in [-0.15, -0.1) is 24.0 Å². The number of hydrogen-bond acceptors (Lipinski definition) is 2. The third kappa shape index (κ3) is 7.05. The number of aliphatic imine (C=N–C) groups is 1. The Hall–Kier alpha value is -2.55. The molecule has 0 bridgehead atoms. The highest BCUT2D eigenvalue weighted by molar-refractivity contribution is 14.0. The van der Waals surface area contributed by atoms with E-state index in [0.29, 0.717) is 12.5 Å². The minimum atomic E-state index is 0. The van der Waals surface area contributed by atoms with Crippen molar-refractivity contribution in [1.82, 2.24) is 20.1 Å². The van der Waals surface area contributed by atoms with Gasteiger partial charge in [0, 0.05) is 38.9 Å². The van der Waals surface area contributed by atoms with E-state index >= 15 is 0 Å². The minimum Gasteiger partial charge on any atom is -0.356 e. The summed E-state index contributed by atoms with van der Waals surface area (Å²) in [5.41, 5.74) is 2.38. The lowest BCUT2D eigenvalue weighted by Gasteiger charge is -2.15. The van der Waals surface area contributed by atoms with Crippen LogP contribution in [-0.2, 0) is 17.9 Å². The number of guanidine groups is 1. The molecule has 0 spiro atoms. The molecule has 2 N–H and O–H groups in total. The van der Waals surface area contributed by atoms with E-state index in [0.717, 1.165) is 25.1 Å². The molecule has 3 aromatic rings. The summed E-state index contributed by atoms with van der Waals surface area (Å²) < 4.78 is 2.26. The number of likely N-dealkylation sites (N-methyl/N-ethyl adjacent to an activating group) is 1. The Labute approximate surface area is 195 Å². The first kappa shape index (κ1) is 23.7. The van der Waals surface area contributed by atoms with Crippen LogP contribution in [0.4, 0.5) is 0 Å². The number of carbonyl (C=O) groups excluding carboxylic acids is 1. The molecule has 0 aliphatic heterocycles. The molecule has 30 heavy (non-hydrogen) atoms. The summed E-state index contributed by atoms with van der Waals surface area (Å²) in [6, 6.07) is 20.6. The first-order valence-corrected chi connectivity index (χ1v) is 9.93. The van der Waals surface area contributed by atoms with Crippen molar-refractivity contribution in [3.8, 4) is 0 Å². The summed E-state index contributed by atoms with van der Waals surface area (Å²) in [5, 5.41) is 7.74. The lowest BCUT2D eigenvalue weighted by Crippen LogP contribution is -2.43. The Morgan fingerprint density at radius 1 is 1.00 bits per heavy atom. The topological polar surface area (TPSA) is 61.7 Å². The number of halogens is 1. The maximum Gasteiger partial charge on any atom is 0.241 e. The zero-order valence-corrected chi connectivity index (χ0v) is 19.9. The van der Waals surface area contributed by atoms with E-state index in [2.05, 4.69) is 56.7 Å². The highest BCUT2D eigenvalue weighted by Gasteiger charge is 2.06. The minimum absolute atomic E-state index is 0. The number of carbonyl (C=O) groups is 1. The molecule has 2 aromatic carbocycles. The smallest absolute Gasteiger partial charge is 0.241 e. The normalized spacial score (nSPS) is 11.1. The van der Waals surface area contributed by atoms with Gasteiger partial charge in [0.25, 0.3) is 0 Å². The molecule has 0 aliphatic rings. The fourth-order valence-corrected chi connectivity index (χ4v) is 3.04. The van der Waals surface area contributed by atoms with Crippen molar-refractivity contribution in [2.75, 3.05) is 27.2 Å². The van der Waals surface area contributed by atoms with Crippen LogP contribution in [0.25, 0.3) is 10.9 Å². The number of benzene rings is 2. The fourth-order valence-electron chi connectivity index (χ4n) is 3.04. The van der Waals surface area contributed by atoms with Gasteiger partial charge in [0.05, 0.1) is 13.1 Å². The van der Waals surface area contributed by atoms with E-state index in [1.807, 2.05) is 30.3 Å². The maximum atomic E-state index is 11.9. The quantitative estimate of drug-likeness (QED) is 0.208. The number of aryl methyl sites for hydroxylation is 1. The number of rotatable bonds is 8. The van der Waals surface area contributed by atoms with Crippen molar-refractivity contribution >= 4 is 46.7 Å². The molecule has 160 valence electrons. The van der Waals surface area contributed by atoms with Gasteiger partial charge in [0.15, 0.2) is 5.96 Å². The third-order valence-electron chi connectivity index (χ3n) is 4.72. The molecule has 0 radical (unpaired) electrons. The van der Waals surface area contributed by atoms with Crippen LogP contribution in [0, 0.1) is 0 Å². The van der Waals surface area contributed by atoms with E-state index < -0.39 is 0 Å². The lowest BCUT2D eigenvalue weighted by atomic mass is 10.2. The van der Waals surface area contributed by atoms with E-state index in [1.54, 1.807) is 19.0 Å². The SMILES string of the molecule is CN(C)C(=O)CNC(=NCc1ccccc1)NCCCn1ccc2ccccc21.I. The molecule has 6 nitrogen and oxygen atoms in total. The van der Waals surface area contributed by atoms with Gasteiger partial charge in [-0.25, -0.2) is 4.99 Å². The maximum absolute atomic E-state index is 11.9. The van der Waals surface area contributed by atoms with Gasteiger partial charge in [-0.2, -0.15) is 0 Å². The number of para-hydroxylation sites is 1. The summed E-state index contributed by atoms with van der Waals surface area (Å²) in [4.78, 5) is 18.1. The molecule has 0 unspecified atom stereocenters. The van der Waals surface area contributed by atoms with Crippen molar-refractivity contribution in [1.29, 1.82) is 0 Å². The highest BCUT2D eigenvalue weighted by Crippen LogP contribution is 2.15. The van der Waals surface area contributed by atoms with Gasteiger partial charge in [-0.05, 0) is 29.5 Å². The van der Waals surface area contributed by atoms with Crippen molar-refractivity contribution in [3.63, 3.8) is 0 Å². The van der Waals surface area contributed by atoms with Crippen LogP contribution in [-0.4, -0.2) is 48.5 Å². The largest absolute Gasteiger partial charge is 0.356 e. The molecular weight excluding hydrogens is 489 g/mol. The van der Waals surface area contributed by atoms with E-state index in [9.17, 15) is 4.79 Å². The summed E-state index contributed by atoms with van der Waals surface area (Å²) in [7, 11) is 3.50. The zero-order valence-electron chi connectivity index (χ0n) is 17.5. The third-order valence-corrected chi connectivity index (χ3v) is 4.72. The van der Waals surface area contributed by atoms with Gasteiger partial charge < -0.3 is 20.1 Å². The Morgan fingerprint density at radius 3 is 2.50 bits per heavy atom. The van der Waals surface area contributed by atoms with Crippen molar-refractivity contribution in [3.05, 3.63) is 72.4 Å². The van der Waals surface area contributed by atoms with E-state index in [-0.39, 0.29) is 36.4 Å². The van der Waals surface area contributed by atoms with Crippen LogP contribution >= 0.6 is 24.0 Å². The molecule has 0 saturated carbocycles. The predicted molar refractivity (Wildman–Crippen MR) is 134 cm³/mol. The number of amides is 1. The number of fused-ring (bicyclic) bond motifs is 1. The zero-order chi connectivity index (χ0) is 20.5. The summed E-state index contributed by atoms with van der Waals surface area (Å²) in [6.45, 7) is 2.47. The number of nitrogens with one attached hydrogen (secondary N) is 2. The van der Waals surface area contributed by atoms with E-state index in [1.165, 1.54) is 10.9 Å². The Bertz CT molecular complexity index is 952. The molecule has 0 fully saturated rings. The average Bonchev–Trinajstić information content (AvgIpc) is 3.16. The summed E-state index contributed by atoms with van der Waals surface area (Å²) in [5.74, 6) is 0.666. The lowest BCUT2D eigenvalue weighted by molar-refractivity contribution is -0.127. The average molecular weight is 519 g/mol. The molecule has 0 atom stereocenters. The van der Waals surface area contributed by atoms with Crippen LogP contribution in [0.1, 0.15) is 12.0 Å².